The third kappa shape index (κ3) is 3.62. The molecule has 0 N–H and O–H groups in total. The van der Waals surface area contributed by atoms with E-state index in [2.05, 4.69) is 4.98 Å². The summed E-state index contributed by atoms with van der Waals surface area (Å²) in [5.74, 6) is -2.68. The van der Waals surface area contributed by atoms with Gasteiger partial charge in [0.15, 0.2) is 0 Å². The van der Waals surface area contributed by atoms with Crippen molar-refractivity contribution in [3.8, 4) is 0 Å². The molecule has 1 fully saturated rings. The molecule has 1 amide bonds. The fourth-order valence-corrected chi connectivity index (χ4v) is 3.03. The molecule has 1 aliphatic rings. The fourth-order valence-electron chi connectivity index (χ4n) is 2.24. The van der Waals surface area contributed by atoms with Crippen LogP contribution in [-0.4, -0.2) is 44.2 Å². The van der Waals surface area contributed by atoms with Gasteiger partial charge in [-0.05, 0) is 13.8 Å². The first kappa shape index (κ1) is 16.4. The van der Waals surface area contributed by atoms with Gasteiger partial charge in [-0.2, -0.15) is 13.4 Å². The van der Waals surface area contributed by atoms with Crippen molar-refractivity contribution in [2.45, 2.75) is 20.3 Å². The van der Waals surface area contributed by atoms with Crippen LogP contribution in [0.25, 0.3) is 0 Å². The molecule has 1 aromatic heterocycles. The molecule has 2 heterocycles. The monoisotopic (exact) mass is 334 g/mol. The maximum absolute atomic E-state index is 12.7. The second-order valence-corrected chi connectivity index (χ2v) is 6.32. The molecule has 0 saturated carbocycles. The highest BCUT2D eigenvalue weighted by Gasteiger charge is 2.36. The first-order chi connectivity index (χ1) is 10.2. The predicted octanol–water partition coefficient (Wildman–Crippen LogP) is 0.812. The number of rotatable bonds is 5. The molecule has 0 aromatic carbocycles. The van der Waals surface area contributed by atoms with E-state index in [4.69, 9.17) is 9.15 Å². The third-order valence-corrected chi connectivity index (χ3v) is 3.99. The maximum Gasteiger partial charge on any atom is 0.376 e. The van der Waals surface area contributed by atoms with E-state index in [9.17, 15) is 21.9 Å². The van der Waals surface area contributed by atoms with Gasteiger partial charge in [0, 0.05) is 18.9 Å². The van der Waals surface area contributed by atoms with Crippen molar-refractivity contribution in [2.24, 2.45) is 5.92 Å². The number of nitrogens with zero attached hydrogens (tertiary/aromatic N) is 2. The van der Waals surface area contributed by atoms with Crippen molar-refractivity contribution in [2.75, 3.05) is 23.8 Å². The van der Waals surface area contributed by atoms with Crippen LogP contribution in [0.15, 0.2) is 4.42 Å². The maximum atomic E-state index is 12.7. The lowest BCUT2D eigenvalue weighted by molar-refractivity contribution is -0.117. The number of aromatic nitrogens is 1. The summed E-state index contributed by atoms with van der Waals surface area (Å²) in [6.07, 6.45) is -0.126. The Hall–Kier alpha value is -1.97. The Morgan fingerprint density at radius 1 is 1.55 bits per heavy atom. The SMILES string of the molecule is CCOC(=O)c1oc(N2CC(CS(=O)(=O)F)CC2=O)nc1C. The van der Waals surface area contributed by atoms with Gasteiger partial charge in [-0.3, -0.25) is 9.69 Å². The second kappa shape index (κ2) is 6.03. The summed E-state index contributed by atoms with van der Waals surface area (Å²) in [6, 6.07) is -0.121. The zero-order valence-corrected chi connectivity index (χ0v) is 12.9. The Balaban J connectivity index is 2.17. The molecule has 2 rings (SSSR count). The number of anilines is 1. The first-order valence-electron chi connectivity index (χ1n) is 6.58. The van der Waals surface area contributed by atoms with Crippen molar-refractivity contribution in [3.05, 3.63) is 11.5 Å². The zero-order chi connectivity index (χ0) is 16.5. The van der Waals surface area contributed by atoms with Gasteiger partial charge in [-0.25, -0.2) is 4.79 Å². The Labute approximate surface area is 126 Å². The minimum absolute atomic E-state index is 0.0375. The van der Waals surface area contributed by atoms with Crippen molar-refractivity contribution in [3.63, 3.8) is 0 Å². The van der Waals surface area contributed by atoms with Crippen LogP contribution in [0, 0.1) is 12.8 Å². The first-order valence-corrected chi connectivity index (χ1v) is 8.13. The average Bonchev–Trinajstić information content (AvgIpc) is 2.91. The molecule has 1 unspecified atom stereocenters. The lowest BCUT2D eigenvalue weighted by Crippen LogP contribution is -2.25. The van der Waals surface area contributed by atoms with E-state index in [0.29, 0.717) is 0 Å². The fraction of sp³-hybridized carbons (Fsp3) is 0.583. The summed E-state index contributed by atoms with van der Waals surface area (Å²) in [5, 5.41) is 0. The minimum atomic E-state index is -4.66. The minimum Gasteiger partial charge on any atom is -0.460 e. The highest BCUT2D eigenvalue weighted by atomic mass is 32.3. The lowest BCUT2D eigenvalue weighted by Gasteiger charge is -2.10. The smallest absolute Gasteiger partial charge is 0.376 e. The molecule has 10 heteroatoms. The highest BCUT2D eigenvalue weighted by Crippen LogP contribution is 2.27. The number of oxazole rings is 1. The summed E-state index contributed by atoms with van der Waals surface area (Å²) >= 11 is 0. The molecule has 0 radical (unpaired) electrons. The molecule has 0 aliphatic carbocycles. The highest BCUT2D eigenvalue weighted by molar-refractivity contribution is 7.86. The van der Waals surface area contributed by atoms with Crippen LogP contribution < -0.4 is 4.90 Å². The molecule has 1 atom stereocenters. The third-order valence-electron chi connectivity index (χ3n) is 3.12. The van der Waals surface area contributed by atoms with Crippen molar-refractivity contribution < 1.29 is 31.0 Å². The summed E-state index contributed by atoms with van der Waals surface area (Å²) in [7, 11) is -4.66. The Morgan fingerprint density at radius 3 is 2.82 bits per heavy atom. The van der Waals surface area contributed by atoms with E-state index in [0.717, 1.165) is 4.90 Å². The molecule has 1 saturated heterocycles. The molecule has 122 valence electrons. The number of carbonyl (C=O) groups is 2. The van der Waals surface area contributed by atoms with Gasteiger partial charge >= 0.3 is 22.2 Å². The number of carbonyl (C=O) groups excluding carboxylic acids is 2. The lowest BCUT2D eigenvalue weighted by atomic mass is 10.1. The van der Waals surface area contributed by atoms with Crippen LogP contribution in [0.5, 0.6) is 0 Å². The number of hydrogen-bond acceptors (Lipinski definition) is 7. The van der Waals surface area contributed by atoms with E-state index >= 15 is 0 Å². The van der Waals surface area contributed by atoms with Crippen molar-refractivity contribution >= 4 is 28.1 Å². The van der Waals surface area contributed by atoms with Gasteiger partial charge in [-0.1, -0.05) is 0 Å². The normalized spacial score (nSPS) is 18.8. The molecule has 1 aromatic rings. The number of halogens is 1. The zero-order valence-electron chi connectivity index (χ0n) is 12.0. The quantitative estimate of drug-likeness (QED) is 0.579. The van der Waals surface area contributed by atoms with Gasteiger partial charge in [0.1, 0.15) is 0 Å². The van der Waals surface area contributed by atoms with Crippen LogP contribution in [0.2, 0.25) is 0 Å². The summed E-state index contributed by atoms with van der Waals surface area (Å²) < 4.78 is 44.0. The molecule has 22 heavy (non-hydrogen) atoms. The summed E-state index contributed by atoms with van der Waals surface area (Å²) in [6.45, 7) is 3.28. The van der Waals surface area contributed by atoms with Crippen LogP contribution in [0.4, 0.5) is 9.90 Å². The Morgan fingerprint density at radius 2 is 2.23 bits per heavy atom. The van der Waals surface area contributed by atoms with E-state index in [1.165, 1.54) is 6.92 Å². The Kier molecular flexibility index (Phi) is 4.50. The number of aryl methyl sites for hydroxylation is 1. The molecule has 0 spiro atoms. The molecular weight excluding hydrogens is 319 g/mol. The number of hydrogen-bond donors (Lipinski definition) is 0. The Bertz CT molecular complexity index is 698. The van der Waals surface area contributed by atoms with E-state index in [-0.39, 0.29) is 37.0 Å². The summed E-state index contributed by atoms with van der Waals surface area (Å²) in [5.41, 5.74) is 0.253. The van der Waals surface area contributed by atoms with Gasteiger partial charge in [0.25, 0.3) is 0 Å². The average molecular weight is 334 g/mol. The van der Waals surface area contributed by atoms with Crippen molar-refractivity contribution in [1.82, 2.24) is 4.98 Å². The van der Waals surface area contributed by atoms with Gasteiger partial charge < -0.3 is 9.15 Å². The molecule has 1 aliphatic heterocycles. The van der Waals surface area contributed by atoms with Crippen LogP contribution in [0.1, 0.15) is 29.6 Å². The molecular formula is C12H15FN2O6S. The van der Waals surface area contributed by atoms with E-state index in [1.807, 2.05) is 0 Å². The predicted molar refractivity (Wildman–Crippen MR) is 72.6 cm³/mol. The number of ether oxygens (including phenoxy) is 1. The van der Waals surface area contributed by atoms with Crippen LogP contribution in [0.3, 0.4) is 0 Å². The molecule has 8 nitrogen and oxygen atoms in total. The molecule has 0 bridgehead atoms. The van der Waals surface area contributed by atoms with Gasteiger partial charge in [0.05, 0.1) is 18.1 Å². The summed E-state index contributed by atoms with van der Waals surface area (Å²) in [4.78, 5) is 28.6. The van der Waals surface area contributed by atoms with E-state index < -0.39 is 33.8 Å². The van der Waals surface area contributed by atoms with Crippen LogP contribution >= 0.6 is 0 Å². The number of amides is 1. The van der Waals surface area contributed by atoms with Crippen LogP contribution in [-0.2, 0) is 19.8 Å². The number of esters is 1. The topological polar surface area (TPSA) is 107 Å². The van der Waals surface area contributed by atoms with Gasteiger partial charge in [-0.15, -0.1) is 3.89 Å². The van der Waals surface area contributed by atoms with E-state index in [1.54, 1.807) is 6.92 Å². The second-order valence-electron chi connectivity index (χ2n) is 4.91. The van der Waals surface area contributed by atoms with Crippen molar-refractivity contribution in [1.29, 1.82) is 0 Å². The largest absolute Gasteiger partial charge is 0.460 e. The standard InChI is InChI=1S/C12H15FN2O6S/c1-3-20-11(17)10-7(2)14-12(21-10)15-5-8(4-9(15)16)6-22(13,18)19/h8H,3-6H2,1-2H3. The van der Waals surface area contributed by atoms with Gasteiger partial charge in [0.2, 0.25) is 11.7 Å².